The summed E-state index contributed by atoms with van der Waals surface area (Å²) in [5.74, 6) is -0.843. The summed E-state index contributed by atoms with van der Waals surface area (Å²) >= 11 is 0. The number of likely N-dealkylation sites (tertiary alicyclic amines) is 2. The van der Waals surface area contributed by atoms with Crippen LogP contribution in [0, 0.1) is 0 Å². The van der Waals surface area contributed by atoms with Gasteiger partial charge in [0, 0.05) is 19.2 Å². The van der Waals surface area contributed by atoms with Gasteiger partial charge in [-0.1, -0.05) is 6.42 Å². The molecule has 1 N–H and O–H groups in total. The Morgan fingerprint density at radius 1 is 1.20 bits per heavy atom. The third kappa shape index (κ3) is 4.43. The molecule has 0 spiro atoms. The molecule has 2 aliphatic heterocycles. The van der Waals surface area contributed by atoms with E-state index in [-0.39, 0.29) is 0 Å². The SMILES string of the molecule is CCOC(CN1CCC(N2CCCCC2)CC1)C(=O)O. The first-order chi connectivity index (χ1) is 9.70. The molecule has 0 aliphatic carbocycles. The standard InChI is InChI=1S/C15H28N2O3/c1-2-20-14(15(18)19)12-16-10-6-13(7-11-16)17-8-4-3-5-9-17/h13-14H,2-12H2,1H3,(H,18,19). The van der Waals surface area contributed by atoms with E-state index in [0.717, 1.165) is 13.1 Å². The number of carboxylic acid groups (broad SMARTS) is 1. The van der Waals surface area contributed by atoms with Crippen molar-refractivity contribution in [2.24, 2.45) is 0 Å². The fourth-order valence-corrected chi connectivity index (χ4v) is 3.39. The van der Waals surface area contributed by atoms with Crippen molar-refractivity contribution >= 4 is 5.97 Å². The number of carboxylic acids is 1. The van der Waals surface area contributed by atoms with Crippen molar-refractivity contribution in [1.29, 1.82) is 0 Å². The van der Waals surface area contributed by atoms with Crippen LogP contribution in [0.4, 0.5) is 0 Å². The molecule has 0 aromatic rings. The average Bonchev–Trinajstić information content (AvgIpc) is 2.48. The molecule has 2 rings (SSSR count). The van der Waals surface area contributed by atoms with Gasteiger partial charge in [0.05, 0.1) is 0 Å². The van der Waals surface area contributed by atoms with Crippen molar-refractivity contribution in [1.82, 2.24) is 9.80 Å². The topological polar surface area (TPSA) is 53.0 Å². The summed E-state index contributed by atoms with van der Waals surface area (Å²) in [5, 5.41) is 9.13. The average molecular weight is 284 g/mol. The van der Waals surface area contributed by atoms with E-state index in [4.69, 9.17) is 9.84 Å². The van der Waals surface area contributed by atoms with Gasteiger partial charge < -0.3 is 19.6 Å². The van der Waals surface area contributed by atoms with E-state index in [2.05, 4.69) is 9.80 Å². The van der Waals surface area contributed by atoms with Gasteiger partial charge in [0.15, 0.2) is 6.10 Å². The number of hydrogen-bond acceptors (Lipinski definition) is 4. The number of ether oxygens (including phenoxy) is 1. The van der Waals surface area contributed by atoms with E-state index >= 15 is 0 Å². The van der Waals surface area contributed by atoms with Crippen LogP contribution in [-0.4, -0.2) is 72.4 Å². The Kier molecular flexibility index (Phi) is 6.26. The van der Waals surface area contributed by atoms with Crippen molar-refractivity contribution in [3.8, 4) is 0 Å². The molecule has 1 unspecified atom stereocenters. The van der Waals surface area contributed by atoms with Crippen LogP contribution in [-0.2, 0) is 9.53 Å². The fraction of sp³-hybridized carbons (Fsp3) is 0.933. The van der Waals surface area contributed by atoms with Gasteiger partial charge in [-0.05, 0) is 58.8 Å². The van der Waals surface area contributed by atoms with Crippen molar-refractivity contribution in [3.63, 3.8) is 0 Å². The summed E-state index contributed by atoms with van der Waals surface area (Å²) in [4.78, 5) is 16.0. The highest BCUT2D eigenvalue weighted by Crippen LogP contribution is 2.21. The maximum absolute atomic E-state index is 11.1. The Hall–Kier alpha value is -0.650. The van der Waals surface area contributed by atoms with Gasteiger partial charge in [-0.25, -0.2) is 4.79 Å². The van der Waals surface area contributed by atoms with Crippen LogP contribution in [0.2, 0.25) is 0 Å². The molecule has 2 aliphatic rings. The lowest BCUT2D eigenvalue weighted by atomic mass is 9.99. The highest BCUT2D eigenvalue weighted by molar-refractivity contribution is 5.72. The molecule has 0 radical (unpaired) electrons. The molecule has 2 heterocycles. The van der Waals surface area contributed by atoms with Crippen molar-refractivity contribution < 1.29 is 14.6 Å². The van der Waals surface area contributed by atoms with Gasteiger partial charge in [-0.2, -0.15) is 0 Å². The second kappa shape index (κ2) is 7.96. The van der Waals surface area contributed by atoms with Crippen molar-refractivity contribution in [3.05, 3.63) is 0 Å². The monoisotopic (exact) mass is 284 g/mol. The normalized spacial score (nSPS) is 24.6. The van der Waals surface area contributed by atoms with Crippen LogP contribution < -0.4 is 0 Å². The van der Waals surface area contributed by atoms with Crippen LogP contribution in [0.25, 0.3) is 0 Å². The minimum atomic E-state index is -0.843. The molecule has 0 bridgehead atoms. The number of rotatable bonds is 6. The third-order valence-corrected chi connectivity index (χ3v) is 4.53. The first kappa shape index (κ1) is 15.7. The summed E-state index contributed by atoms with van der Waals surface area (Å²) in [6.45, 7) is 7.33. The van der Waals surface area contributed by atoms with Crippen LogP contribution >= 0.6 is 0 Å². The fourth-order valence-electron chi connectivity index (χ4n) is 3.39. The number of piperidine rings is 2. The first-order valence-electron chi connectivity index (χ1n) is 8.01. The summed E-state index contributed by atoms with van der Waals surface area (Å²) in [5.41, 5.74) is 0. The first-order valence-corrected chi connectivity index (χ1v) is 8.01. The molecule has 0 saturated carbocycles. The Bertz CT molecular complexity index is 297. The maximum atomic E-state index is 11.1. The lowest BCUT2D eigenvalue weighted by Crippen LogP contribution is -2.49. The van der Waals surface area contributed by atoms with Crippen LogP contribution in [0.15, 0.2) is 0 Å². The maximum Gasteiger partial charge on any atom is 0.334 e. The Morgan fingerprint density at radius 3 is 2.40 bits per heavy atom. The quantitative estimate of drug-likeness (QED) is 0.799. The molecular weight excluding hydrogens is 256 g/mol. The van der Waals surface area contributed by atoms with Crippen LogP contribution in [0.1, 0.15) is 39.0 Å². The molecule has 5 heteroatoms. The molecule has 0 amide bonds. The third-order valence-electron chi connectivity index (χ3n) is 4.53. The van der Waals surface area contributed by atoms with Crippen molar-refractivity contribution in [2.75, 3.05) is 39.3 Å². The van der Waals surface area contributed by atoms with Gasteiger partial charge in [-0.15, -0.1) is 0 Å². The summed E-state index contributed by atoms with van der Waals surface area (Å²) in [6.07, 6.45) is 5.71. The molecule has 20 heavy (non-hydrogen) atoms. The van der Waals surface area contributed by atoms with Gasteiger partial charge in [0.25, 0.3) is 0 Å². The van der Waals surface area contributed by atoms with Crippen LogP contribution in [0.3, 0.4) is 0 Å². The summed E-state index contributed by atoms with van der Waals surface area (Å²) in [7, 11) is 0. The van der Waals surface area contributed by atoms with E-state index < -0.39 is 12.1 Å². The zero-order valence-corrected chi connectivity index (χ0v) is 12.6. The lowest BCUT2D eigenvalue weighted by molar-refractivity contribution is -0.151. The van der Waals surface area contributed by atoms with E-state index in [1.807, 2.05) is 6.92 Å². The number of nitrogens with zero attached hydrogens (tertiary/aromatic N) is 2. The second-order valence-electron chi connectivity index (χ2n) is 5.91. The highest BCUT2D eigenvalue weighted by Gasteiger charge is 2.28. The number of carbonyl (C=O) groups is 1. The van der Waals surface area contributed by atoms with Crippen molar-refractivity contribution in [2.45, 2.75) is 51.2 Å². The van der Waals surface area contributed by atoms with E-state index in [1.54, 1.807) is 0 Å². The zero-order valence-electron chi connectivity index (χ0n) is 12.6. The van der Waals surface area contributed by atoms with Gasteiger partial charge in [0.1, 0.15) is 0 Å². The summed E-state index contributed by atoms with van der Waals surface area (Å²) < 4.78 is 5.30. The second-order valence-corrected chi connectivity index (χ2v) is 5.91. The number of hydrogen-bond donors (Lipinski definition) is 1. The molecule has 1 atom stereocenters. The van der Waals surface area contributed by atoms with Gasteiger partial charge in [0.2, 0.25) is 0 Å². The van der Waals surface area contributed by atoms with E-state index in [9.17, 15) is 4.79 Å². The highest BCUT2D eigenvalue weighted by atomic mass is 16.5. The number of aliphatic carboxylic acids is 1. The molecule has 2 saturated heterocycles. The minimum absolute atomic E-state index is 0.460. The lowest BCUT2D eigenvalue weighted by Gasteiger charge is -2.40. The molecule has 0 aromatic heterocycles. The Labute approximate surface area is 121 Å². The van der Waals surface area contributed by atoms with E-state index in [0.29, 0.717) is 19.2 Å². The van der Waals surface area contributed by atoms with Gasteiger partial charge >= 0.3 is 5.97 Å². The molecule has 116 valence electrons. The molecule has 5 nitrogen and oxygen atoms in total. The molecule has 0 aromatic carbocycles. The predicted octanol–water partition coefficient (Wildman–Crippen LogP) is 1.43. The smallest absolute Gasteiger partial charge is 0.334 e. The molecular formula is C15H28N2O3. The van der Waals surface area contributed by atoms with E-state index in [1.165, 1.54) is 45.2 Å². The molecule has 2 fully saturated rings. The predicted molar refractivity (Wildman–Crippen MR) is 77.9 cm³/mol. The van der Waals surface area contributed by atoms with Crippen LogP contribution in [0.5, 0.6) is 0 Å². The Morgan fingerprint density at radius 2 is 1.85 bits per heavy atom. The zero-order chi connectivity index (χ0) is 14.4. The largest absolute Gasteiger partial charge is 0.479 e. The minimum Gasteiger partial charge on any atom is -0.479 e. The van der Waals surface area contributed by atoms with Gasteiger partial charge in [-0.3, -0.25) is 0 Å². The summed E-state index contributed by atoms with van der Waals surface area (Å²) in [6, 6.07) is 0.710. The Balaban J connectivity index is 1.74.